The van der Waals surface area contributed by atoms with Gasteiger partial charge in [-0.25, -0.2) is 0 Å². The van der Waals surface area contributed by atoms with Gasteiger partial charge in [0.25, 0.3) is 0 Å². The fourth-order valence-electron chi connectivity index (χ4n) is 1.63. The summed E-state index contributed by atoms with van der Waals surface area (Å²) in [5.41, 5.74) is 5.53. The second-order valence-corrected chi connectivity index (χ2v) is 4.04. The molecule has 2 N–H and O–H groups in total. The normalized spacial score (nSPS) is 31.8. The third-order valence-electron chi connectivity index (χ3n) is 2.50. The molecule has 0 bridgehead atoms. The summed E-state index contributed by atoms with van der Waals surface area (Å²) in [6.45, 7) is 0.781. The van der Waals surface area contributed by atoms with Crippen molar-refractivity contribution in [3.63, 3.8) is 0 Å². The fourth-order valence-corrected chi connectivity index (χ4v) is 2.08. The zero-order valence-corrected chi connectivity index (χ0v) is 8.14. The second kappa shape index (κ2) is 4.21. The minimum atomic E-state index is 0.174. The third kappa shape index (κ3) is 2.56. The second-order valence-electron chi connectivity index (χ2n) is 3.26. The molecule has 0 spiro atoms. The Kier molecular flexibility index (Phi) is 3.52. The van der Waals surface area contributed by atoms with Gasteiger partial charge < -0.3 is 5.73 Å². The Bertz CT molecular complexity index is 141. The number of rotatable bonds is 2. The van der Waals surface area contributed by atoms with Gasteiger partial charge in [-0.1, -0.05) is 0 Å². The molecule has 0 aromatic carbocycles. The largest absolute Gasteiger partial charge is 0.330 e. The van der Waals surface area contributed by atoms with Crippen LogP contribution in [0.4, 0.5) is 0 Å². The highest BCUT2D eigenvalue weighted by molar-refractivity contribution is 9.18. The molecule has 1 fully saturated rings. The van der Waals surface area contributed by atoms with Crippen molar-refractivity contribution in [3.05, 3.63) is 0 Å². The van der Waals surface area contributed by atoms with Gasteiger partial charge in [-0.2, -0.15) is 0 Å². The van der Waals surface area contributed by atoms with Crippen molar-refractivity contribution in [2.24, 2.45) is 17.6 Å². The minimum Gasteiger partial charge on any atom is -0.330 e. The van der Waals surface area contributed by atoms with Crippen LogP contribution in [0.2, 0.25) is 0 Å². The first-order valence-electron chi connectivity index (χ1n) is 4.13. The summed E-state index contributed by atoms with van der Waals surface area (Å²) in [5.74, 6) is 0.927. The molecule has 1 saturated carbocycles. The van der Waals surface area contributed by atoms with Gasteiger partial charge in [0.2, 0.25) is 4.69 Å². The SMILES string of the molecule is NCC1CCC(C(=O)Br)CC1. The Morgan fingerprint density at radius 3 is 2.27 bits per heavy atom. The molecule has 2 nitrogen and oxygen atoms in total. The van der Waals surface area contributed by atoms with Crippen LogP contribution in [0.15, 0.2) is 0 Å². The molecule has 64 valence electrons. The standard InChI is InChI=1S/C8H14BrNO/c9-8(11)7-3-1-6(5-10)2-4-7/h6-7H,1-5,10H2. The van der Waals surface area contributed by atoms with E-state index in [2.05, 4.69) is 15.9 Å². The van der Waals surface area contributed by atoms with E-state index in [4.69, 9.17) is 5.73 Å². The number of hydrogen-bond donors (Lipinski definition) is 1. The summed E-state index contributed by atoms with van der Waals surface area (Å²) >= 11 is 3.01. The van der Waals surface area contributed by atoms with Crippen molar-refractivity contribution >= 4 is 20.6 Å². The molecule has 11 heavy (non-hydrogen) atoms. The third-order valence-corrected chi connectivity index (χ3v) is 3.15. The molecule has 0 atom stereocenters. The number of nitrogens with two attached hydrogens (primary N) is 1. The molecule has 0 radical (unpaired) electrons. The number of hydrogen-bond acceptors (Lipinski definition) is 2. The monoisotopic (exact) mass is 219 g/mol. The Labute approximate surface area is 75.7 Å². The Morgan fingerprint density at radius 1 is 1.36 bits per heavy atom. The van der Waals surface area contributed by atoms with Gasteiger partial charge in [-0.05, 0) is 54.1 Å². The topological polar surface area (TPSA) is 43.1 Å². The van der Waals surface area contributed by atoms with Gasteiger partial charge in [0.1, 0.15) is 0 Å². The first-order chi connectivity index (χ1) is 5.24. The van der Waals surface area contributed by atoms with E-state index in [0.717, 1.165) is 32.2 Å². The van der Waals surface area contributed by atoms with Crippen LogP contribution in [0.3, 0.4) is 0 Å². The van der Waals surface area contributed by atoms with Crippen LogP contribution >= 0.6 is 15.9 Å². The molecule has 0 aromatic rings. The predicted octanol–water partition coefficient (Wildman–Crippen LogP) is 1.67. The average molecular weight is 220 g/mol. The van der Waals surface area contributed by atoms with Crippen LogP contribution in [0.25, 0.3) is 0 Å². The maximum atomic E-state index is 10.9. The van der Waals surface area contributed by atoms with E-state index in [1.807, 2.05) is 0 Å². The molecule has 0 aromatic heterocycles. The fraction of sp³-hybridized carbons (Fsp3) is 0.875. The van der Waals surface area contributed by atoms with E-state index in [0.29, 0.717) is 5.92 Å². The van der Waals surface area contributed by atoms with Crippen LogP contribution in [-0.2, 0) is 4.79 Å². The first-order valence-corrected chi connectivity index (χ1v) is 4.92. The van der Waals surface area contributed by atoms with Crippen molar-refractivity contribution in [1.29, 1.82) is 0 Å². The summed E-state index contributed by atoms with van der Waals surface area (Å²) in [6, 6.07) is 0. The van der Waals surface area contributed by atoms with E-state index < -0.39 is 0 Å². The molecule has 0 heterocycles. The van der Waals surface area contributed by atoms with Crippen molar-refractivity contribution in [3.8, 4) is 0 Å². The highest BCUT2D eigenvalue weighted by atomic mass is 79.9. The lowest BCUT2D eigenvalue weighted by Gasteiger charge is -2.24. The number of carbonyl (C=O) groups excluding carboxylic acids is 1. The molecule has 0 aliphatic heterocycles. The zero-order chi connectivity index (χ0) is 8.27. The summed E-state index contributed by atoms with van der Waals surface area (Å²) in [5, 5.41) is 0. The Hall–Kier alpha value is 0.110. The Balaban J connectivity index is 2.30. The van der Waals surface area contributed by atoms with Gasteiger partial charge in [-0.3, -0.25) is 4.79 Å². The van der Waals surface area contributed by atoms with E-state index in [1.54, 1.807) is 0 Å². The van der Waals surface area contributed by atoms with Crippen LogP contribution in [0, 0.1) is 11.8 Å². The lowest BCUT2D eigenvalue weighted by atomic mass is 9.83. The van der Waals surface area contributed by atoms with Gasteiger partial charge in [0.05, 0.1) is 0 Å². The molecule has 0 amide bonds. The summed E-state index contributed by atoms with van der Waals surface area (Å²) in [7, 11) is 0. The van der Waals surface area contributed by atoms with E-state index in [-0.39, 0.29) is 10.6 Å². The number of carbonyl (C=O) groups is 1. The first kappa shape index (κ1) is 9.20. The van der Waals surface area contributed by atoms with Crippen LogP contribution < -0.4 is 5.73 Å². The van der Waals surface area contributed by atoms with Crippen LogP contribution in [0.5, 0.6) is 0 Å². The molecule has 1 rings (SSSR count). The molecule has 1 aliphatic carbocycles. The van der Waals surface area contributed by atoms with Crippen LogP contribution in [-0.4, -0.2) is 11.2 Å². The minimum absolute atomic E-state index is 0.174. The van der Waals surface area contributed by atoms with Crippen molar-refractivity contribution < 1.29 is 4.79 Å². The highest BCUT2D eigenvalue weighted by Gasteiger charge is 2.23. The molecular weight excluding hydrogens is 206 g/mol. The van der Waals surface area contributed by atoms with Crippen molar-refractivity contribution in [2.75, 3.05) is 6.54 Å². The summed E-state index contributed by atoms with van der Waals surface area (Å²) in [6.07, 6.45) is 4.29. The van der Waals surface area contributed by atoms with E-state index >= 15 is 0 Å². The molecule has 3 heteroatoms. The average Bonchev–Trinajstić information content (AvgIpc) is 2.05. The lowest BCUT2D eigenvalue weighted by molar-refractivity contribution is -0.114. The predicted molar refractivity (Wildman–Crippen MR) is 48.4 cm³/mol. The van der Waals surface area contributed by atoms with Crippen molar-refractivity contribution in [2.45, 2.75) is 25.7 Å². The van der Waals surface area contributed by atoms with Crippen LogP contribution in [0.1, 0.15) is 25.7 Å². The zero-order valence-electron chi connectivity index (χ0n) is 6.55. The molecule has 1 aliphatic rings. The van der Waals surface area contributed by atoms with Gasteiger partial charge in [0, 0.05) is 5.92 Å². The summed E-state index contributed by atoms with van der Waals surface area (Å²) < 4.78 is 0.174. The molecule has 0 unspecified atom stereocenters. The summed E-state index contributed by atoms with van der Waals surface area (Å²) in [4.78, 5) is 10.9. The Morgan fingerprint density at radius 2 is 1.91 bits per heavy atom. The van der Waals surface area contributed by atoms with Gasteiger partial charge in [0.15, 0.2) is 0 Å². The van der Waals surface area contributed by atoms with Gasteiger partial charge >= 0.3 is 0 Å². The smallest absolute Gasteiger partial charge is 0.200 e. The van der Waals surface area contributed by atoms with E-state index in [9.17, 15) is 4.79 Å². The van der Waals surface area contributed by atoms with E-state index in [1.165, 1.54) is 0 Å². The maximum Gasteiger partial charge on any atom is 0.200 e. The maximum absolute atomic E-state index is 10.9. The van der Waals surface area contributed by atoms with Gasteiger partial charge in [-0.15, -0.1) is 0 Å². The molecular formula is C8H14BrNO. The van der Waals surface area contributed by atoms with Crippen molar-refractivity contribution in [1.82, 2.24) is 0 Å². The quantitative estimate of drug-likeness (QED) is 0.719. The molecule has 0 saturated heterocycles. The lowest BCUT2D eigenvalue weighted by Crippen LogP contribution is -2.23. The highest BCUT2D eigenvalue weighted by Crippen LogP contribution is 2.29. The number of halogens is 1.